The van der Waals surface area contributed by atoms with Crippen LogP contribution in [0, 0.1) is 0 Å². The Kier molecular flexibility index (Phi) is 45.1. The van der Waals surface area contributed by atoms with E-state index in [1.165, 1.54) is 12.8 Å². The van der Waals surface area contributed by atoms with E-state index in [9.17, 15) is 19.5 Å². The Morgan fingerprint density at radius 2 is 0.851 bits per heavy atom. The van der Waals surface area contributed by atoms with E-state index >= 15 is 0 Å². The summed E-state index contributed by atoms with van der Waals surface area (Å²) in [5, 5.41) is 9.65. The van der Waals surface area contributed by atoms with E-state index in [0.29, 0.717) is 17.4 Å². The molecule has 0 bridgehead atoms. The monoisotopic (exact) mass is 933 g/mol. The van der Waals surface area contributed by atoms with E-state index in [2.05, 4.69) is 135 Å². The molecule has 378 valence electrons. The van der Waals surface area contributed by atoms with E-state index in [1.54, 1.807) is 0 Å². The Balaban J connectivity index is 4.37. The average molecular weight is 933 g/mol. The van der Waals surface area contributed by atoms with E-state index in [-0.39, 0.29) is 38.6 Å². The zero-order valence-corrected chi connectivity index (χ0v) is 42.8. The molecule has 0 heterocycles. The molecule has 1 N–H and O–H groups in total. The average Bonchev–Trinajstić information content (AvgIpc) is 3.29. The fourth-order valence-corrected chi connectivity index (χ4v) is 6.22. The molecular weight excluding hydrogens is 839 g/mol. The third kappa shape index (κ3) is 49.4. The predicted molar refractivity (Wildman–Crippen MR) is 281 cm³/mol. The van der Waals surface area contributed by atoms with Crippen LogP contribution in [0.2, 0.25) is 0 Å². The number of esters is 2. The second-order valence-electron chi connectivity index (χ2n) is 17.7. The minimum atomic E-state index is -1.53. The molecule has 9 nitrogen and oxygen atoms in total. The zero-order chi connectivity index (χ0) is 49.2. The molecule has 0 aliphatic heterocycles. The first-order valence-electron chi connectivity index (χ1n) is 25.7. The molecule has 0 saturated heterocycles. The number of unbranched alkanes of at least 4 members (excludes halogenated alkanes) is 10. The SMILES string of the molecule is CC/C=C\C/C=C\C/C=C\C/C=C\C/C=C\C/C=C\C/C=C\C/C=C\C/C=C\CCCCCC(=O)OC(COC(=O)CCCCCCC/C=C\CCCC)COC(OCC[N+](C)(C)C)C(=O)O. The summed E-state index contributed by atoms with van der Waals surface area (Å²) in [4.78, 5) is 37.2. The molecule has 9 heteroatoms. The smallest absolute Gasteiger partial charge is 0.361 e. The van der Waals surface area contributed by atoms with Gasteiger partial charge in [0, 0.05) is 12.8 Å². The number of ether oxygens (including phenoxy) is 4. The van der Waals surface area contributed by atoms with Crippen molar-refractivity contribution >= 4 is 17.9 Å². The molecule has 0 aliphatic carbocycles. The molecule has 0 aromatic carbocycles. The third-order valence-electron chi connectivity index (χ3n) is 10.2. The molecule has 0 spiro atoms. The van der Waals surface area contributed by atoms with Crippen molar-refractivity contribution in [1.29, 1.82) is 0 Å². The summed E-state index contributed by atoms with van der Waals surface area (Å²) in [7, 11) is 5.93. The summed E-state index contributed by atoms with van der Waals surface area (Å²) in [5.74, 6) is -2.08. The van der Waals surface area contributed by atoms with Crippen LogP contribution in [0.25, 0.3) is 0 Å². The van der Waals surface area contributed by atoms with E-state index in [0.717, 1.165) is 122 Å². The molecule has 0 radical (unpaired) electrons. The maximum absolute atomic E-state index is 12.8. The minimum Gasteiger partial charge on any atom is -0.477 e. The number of quaternary nitrogens is 1. The first kappa shape index (κ1) is 62.7. The van der Waals surface area contributed by atoms with E-state index < -0.39 is 24.3 Å². The lowest BCUT2D eigenvalue weighted by molar-refractivity contribution is -0.870. The first-order valence-corrected chi connectivity index (χ1v) is 25.7. The molecule has 2 unspecified atom stereocenters. The molecule has 67 heavy (non-hydrogen) atoms. The lowest BCUT2D eigenvalue weighted by Gasteiger charge is -2.25. The van der Waals surface area contributed by atoms with Crippen LogP contribution in [-0.4, -0.2) is 87.4 Å². The van der Waals surface area contributed by atoms with Crippen LogP contribution in [0.5, 0.6) is 0 Å². The maximum Gasteiger partial charge on any atom is 0.361 e. The molecule has 0 fully saturated rings. The Hall–Kier alpha value is -4.31. The topological polar surface area (TPSA) is 108 Å². The zero-order valence-electron chi connectivity index (χ0n) is 42.8. The number of carboxylic acid groups (broad SMARTS) is 1. The van der Waals surface area contributed by atoms with Crippen molar-refractivity contribution in [3.05, 3.63) is 122 Å². The number of hydrogen-bond donors (Lipinski definition) is 1. The maximum atomic E-state index is 12.8. The second kappa shape index (κ2) is 48.2. The number of hydrogen-bond acceptors (Lipinski definition) is 7. The lowest BCUT2D eigenvalue weighted by Crippen LogP contribution is -2.40. The van der Waals surface area contributed by atoms with Gasteiger partial charge in [0.05, 0.1) is 34.4 Å². The predicted octanol–water partition coefficient (Wildman–Crippen LogP) is 14.6. The summed E-state index contributed by atoms with van der Waals surface area (Å²) in [6.45, 7) is 4.63. The fourth-order valence-electron chi connectivity index (χ4n) is 6.22. The molecule has 0 aromatic heterocycles. The quantitative estimate of drug-likeness (QED) is 0.0211. The van der Waals surface area contributed by atoms with Crippen LogP contribution in [0.1, 0.15) is 168 Å². The van der Waals surface area contributed by atoms with Crippen molar-refractivity contribution in [1.82, 2.24) is 0 Å². The van der Waals surface area contributed by atoms with Gasteiger partial charge in [-0.1, -0.05) is 174 Å². The Labute approximate surface area is 408 Å². The molecule has 2 atom stereocenters. The van der Waals surface area contributed by atoms with Crippen LogP contribution in [0.4, 0.5) is 0 Å². The number of allylic oxidation sites excluding steroid dienone is 20. The summed E-state index contributed by atoms with van der Waals surface area (Å²) in [6.07, 6.45) is 64.2. The van der Waals surface area contributed by atoms with Crippen molar-refractivity contribution < 1.29 is 42.9 Å². The molecule has 0 amide bonds. The van der Waals surface area contributed by atoms with Gasteiger partial charge in [0.1, 0.15) is 13.2 Å². The lowest BCUT2D eigenvalue weighted by atomic mass is 10.1. The van der Waals surface area contributed by atoms with Crippen molar-refractivity contribution in [2.45, 2.75) is 180 Å². The molecule has 0 aliphatic rings. The summed E-state index contributed by atoms with van der Waals surface area (Å²) >= 11 is 0. The van der Waals surface area contributed by atoms with Gasteiger partial charge in [-0.25, -0.2) is 4.79 Å². The third-order valence-corrected chi connectivity index (χ3v) is 10.2. The van der Waals surface area contributed by atoms with Gasteiger partial charge in [-0.2, -0.15) is 0 Å². The van der Waals surface area contributed by atoms with Gasteiger partial charge < -0.3 is 28.5 Å². The minimum absolute atomic E-state index is 0.173. The molecule has 0 saturated carbocycles. The fraction of sp³-hybridized carbons (Fsp3) is 0.603. The van der Waals surface area contributed by atoms with Crippen molar-refractivity contribution in [3.63, 3.8) is 0 Å². The van der Waals surface area contributed by atoms with Crippen molar-refractivity contribution in [2.24, 2.45) is 0 Å². The highest BCUT2D eigenvalue weighted by molar-refractivity contribution is 5.71. The normalized spacial score (nSPS) is 13.9. The van der Waals surface area contributed by atoms with Gasteiger partial charge in [-0.15, -0.1) is 0 Å². The number of aliphatic carboxylic acids is 1. The Morgan fingerprint density at radius 1 is 0.463 bits per heavy atom. The number of likely N-dealkylation sites (N-methyl/N-ethyl adjacent to an activating group) is 1. The largest absolute Gasteiger partial charge is 0.477 e. The Morgan fingerprint density at radius 3 is 1.30 bits per heavy atom. The van der Waals surface area contributed by atoms with E-state index in [4.69, 9.17) is 18.9 Å². The molecule has 0 rings (SSSR count). The van der Waals surface area contributed by atoms with Crippen molar-refractivity contribution in [3.8, 4) is 0 Å². The summed E-state index contributed by atoms with van der Waals surface area (Å²) in [5.41, 5.74) is 0. The second-order valence-corrected chi connectivity index (χ2v) is 17.7. The number of carboxylic acids is 1. The summed E-state index contributed by atoms with van der Waals surface area (Å²) < 4.78 is 22.7. The van der Waals surface area contributed by atoms with E-state index in [1.807, 2.05) is 21.1 Å². The highest BCUT2D eigenvalue weighted by atomic mass is 16.7. The standard InChI is InChI=1S/C58H93NO8/c1-6-8-10-12-14-16-18-19-20-21-22-23-24-25-26-27-28-29-30-31-32-33-34-35-36-37-39-41-43-45-47-49-56(61)67-54(53-66-58(57(62)63)64-51-50-59(3,4)5)52-65-55(60)48-46-44-42-40-38-17-15-13-11-9-7-2/h8,10,13-16,19-20,22-23,25-26,28-29,31-32,34-35,37,39,54,58H,6-7,9,11-12,17-18,21,24,27,30,33,36,38,40-53H2,1-5H3/p+1/b10-8-,15-13-,16-14-,20-19-,23-22-,26-25-,29-28-,32-31-,35-34-,39-37-. The van der Waals surface area contributed by atoms with Crippen LogP contribution < -0.4 is 0 Å². The van der Waals surface area contributed by atoms with Crippen molar-refractivity contribution in [2.75, 3.05) is 47.5 Å². The van der Waals surface area contributed by atoms with Crippen LogP contribution in [-0.2, 0) is 33.3 Å². The highest BCUT2D eigenvalue weighted by Crippen LogP contribution is 2.12. The van der Waals surface area contributed by atoms with Gasteiger partial charge in [-0.05, 0) is 103 Å². The number of carbonyl (C=O) groups excluding carboxylic acids is 2. The van der Waals surface area contributed by atoms with Gasteiger partial charge in [-0.3, -0.25) is 9.59 Å². The number of rotatable bonds is 45. The Bertz CT molecular complexity index is 1510. The van der Waals surface area contributed by atoms with Gasteiger partial charge >= 0.3 is 17.9 Å². The number of nitrogens with zero attached hydrogens (tertiary/aromatic N) is 1. The first-order chi connectivity index (χ1) is 32.6. The van der Waals surface area contributed by atoms with Crippen LogP contribution in [0.3, 0.4) is 0 Å². The molecule has 0 aromatic rings. The van der Waals surface area contributed by atoms with Gasteiger partial charge in [0.2, 0.25) is 0 Å². The van der Waals surface area contributed by atoms with Crippen LogP contribution >= 0.6 is 0 Å². The molecular formula is C58H94NO8+. The van der Waals surface area contributed by atoms with Gasteiger partial charge in [0.25, 0.3) is 6.29 Å². The number of carbonyl (C=O) groups is 3. The summed E-state index contributed by atoms with van der Waals surface area (Å²) in [6, 6.07) is 0. The van der Waals surface area contributed by atoms with Crippen LogP contribution in [0.15, 0.2) is 122 Å². The highest BCUT2D eigenvalue weighted by Gasteiger charge is 2.25. The van der Waals surface area contributed by atoms with Gasteiger partial charge in [0.15, 0.2) is 6.10 Å².